The Balaban J connectivity index is 2.72. The smallest absolute Gasteiger partial charge is 0.235 e. The molecule has 1 aliphatic carbocycles. The van der Waals surface area contributed by atoms with Gasteiger partial charge in [-0.2, -0.15) is 4.99 Å². The zero-order valence-corrected chi connectivity index (χ0v) is 12.8. The van der Waals surface area contributed by atoms with E-state index in [1.165, 1.54) is 0 Å². The van der Waals surface area contributed by atoms with Gasteiger partial charge in [-0.1, -0.05) is 6.92 Å². The van der Waals surface area contributed by atoms with Crippen molar-refractivity contribution in [2.45, 2.75) is 31.7 Å². The molecular weight excluding hydrogens is 310 g/mol. The summed E-state index contributed by atoms with van der Waals surface area (Å²) in [5.74, 6) is 1.31. The van der Waals surface area contributed by atoms with Crippen molar-refractivity contribution in [2.24, 2.45) is 4.99 Å². The van der Waals surface area contributed by atoms with Crippen LogP contribution in [0.25, 0.3) is 0 Å². The molecule has 1 saturated carbocycles. The number of isocyanates is 1. The van der Waals surface area contributed by atoms with E-state index in [2.05, 4.69) is 27.8 Å². The maximum atomic E-state index is 10.7. The predicted molar refractivity (Wildman–Crippen MR) is 75.7 cm³/mol. The lowest BCUT2D eigenvalue weighted by Gasteiger charge is -2.20. The van der Waals surface area contributed by atoms with Gasteiger partial charge < -0.3 is 9.47 Å². The summed E-state index contributed by atoms with van der Waals surface area (Å²) in [6.07, 6.45) is 4.19. The fourth-order valence-electron chi connectivity index (χ4n) is 2.32. The molecule has 1 aliphatic rings. The van der Waals surface area contributed by atoms with Gasteiger partial charge >= 0.3 is 0 Å². The molecule has 0 saturated heterocycles. The van der Waals surface area contributed by atoms with Crippen molar-refractivity contribution in [1.82, 2.24) is 0 Å². The molecule has 19 heavy (non-hydrogen) atoms. The number of methoxy groups -OCH3 is 2. The van der Waals surface area contributed by atoms with Gasteiger partial charge in [0.2, 0.25) is 6.08 Å². The van der Waals surface area contributed by atoms with Crippen molar-refractivity contribution in [3.63, 3.8) is 0 Å². The first-order chi connectivity index (χ1) is 9.13. The van der Waals surface area contributed by atoms with Crippen LogP contribution in [0.1, 0.15) is 30.9 Å². The Labute approximate surface area is 120 Å². The number of carbonyl (C=O) groups excluding carboxylic acids is 1. The Bertz CT molecular complexity index is 546. The van der Waals surface area contributed by atoms with E-state index in [-0.39, 0.29) is 0 Å². The SMILES string of the molecule is CCc1cc(OC)c(OC)c(C2(N=C=O)CC2)c1Br. The van der Waals surface area contributed by atoms with Gasteiger partial charge in [0.05, 0.1) is 14.2 Å². The Hall–Kier alpha value is -1.32. The summed E-state index contributed by atoms with van der Waals surface area (Å²) < 4.78 is 11.8. The predicted octanol–water partition coefficient (Wildman–Crippen LogP) is 3.35. The number of aryl methyl sites for hydroxylation is 1. The third-order valence-electron chi connectivity index (χ3n) is 3.51. The fourth-order valence-corrected chi connectivity index (χ4v) is 3.27. The molecule has 0 aromatic heterocycles. The van der Waals surface area contributed by atoms with Crippen LogP contribution >= 0.6 is 15.9 Å². The first-order valence-corrected chi connectivity index (χ1v) is 6.95. The summed E-state index contributed by atoms with van der Waals surface area (Å²) in [6, 6.07) is 1.95. The summed E-state index contributed by atoms with van der Waals surface area (Å²) in [5.41, 5.74) is 1.51. The number of benzene rings is 1. The van der Waals surface area contributed by atoms with Gasteiger partial charge in [-0.15, -0.1) is 0 Å². The number of ether oxygens (including phenoxy) is 2. The monoisotopic (exact) mass is 325 g/mol. The van der Waals surface area contributed by atoms with Crippen molar-refractivity contribution in [3.05, 3.63) is 21.7 Å². The molecule has 0 bridgehead atoms. The van der Waals surface area contributed by atoms with E-state index >= 15 is 0 Å². The van der Waals surface area contributed by atoms with E-state index in [4.69, 9.17) is 9.47 Å². The highest BCUT2D eigenvalue weighted by Crippen LogP contribution is 2.57. The van der Waals surface area contributed by atoms with Gasteiger partial charge in [-0.3, -0.25) is 0 Å². The van der Waals surface area contributed by atoms with Gasteiger partial charge in [0.15, 0.2) is 11.5 Å². The molecule has 0 amide bonds. The molecule has 0 aliphatic heterocycles. The van der Waals surface area contributed by atoms with Gasteiger partial charge in [0, 0.05) is 10.0 Å². The molecule has 0 N–H and O–H groups in total. The summed E-state index contributed by atoms with van der Waals surface area (Å²) in [5, 5.41) is 0. The van der Waals surface area contributed by atoms with Crippen molar-refractivity contribution in [3.8, 4) is 11.5 Å². The summed E-state index contributed by atoms with van der Waals surface area (Å²) in [6.45, 7) is 2.07. The highest BCUT2D eigenvalue weighted by Gasteiger charge is 2.49. The maximum absolute atomic E-state index is 10.7. The van der Waals surface area contributed by atoms with Crippen LogP contribution in [0.3, 0.4) is 0 Å². The third-order valence-corrected chi connectivity index (χ3v) is 4.42. The quantitative estimate of drug-likeness (QED) is 0.616. The molecule has 0 spiro atoms. The van der Waals surface area contributed by atoms with Crippen molar-refractivity contribution >= 4 is 22.0 Å². The van der Waals surface area contributed by atoms with Crippen molar-refractivity contribution in [2.75, 3.05) is 14.2 Å². The number of hydrogen-bond donors (Lipinski definition) is 0. The molecule has 102 valence electrons. The number of halogens is 1. The Morgan fingerprint density at radius 2 is 2.11 bits per heavy atom. The molecule has 0 atom stereocenters. The largest absolute Gasteiger partial charge is 0.493 e. The second-order valence-electron chi connectivity index (χ2n) is 4.55. The second-order valence-corrected chi connectivity index (χ2v) is 5.34. The number of hydrogen-bond acceptors (Lipinski definition) is 4. The first-order valence-electron chi connectivity index (χ1n) is 6.16. The minimum absolute atomic E-state index is 0.496. The highest BCUT2D eigenvalue weighted by atomic mass is 79.9. The molecular formula is C14H16BrNO3. The van der Waals surface area contributed by atoms with E-state index in [9.17, 15) is 4.79 Å². The van der Waals surface area contributed by atoms with Crippen LogP contribution < -0.4 is 9.47 Å². The van der Waals surface area contributed by atoms with Gasteiger partial charge in [0.1, 0.15) is 5.54 Å². The maximum Gasteiger partial charge on any atom is 0.235 e. The summed E-state index contributed by atoms with van der Waals surface area (Å²) in [7, 11) is 3.21. The molecule has 1 aromatic rings. The normalized spacial score (nSPS) is 15.6. The zero-order valence-electron chi connectivity index (χ0n) is 11.2. The fraction of sp³-hybridized carbons (Fsp3) is 0.500. The Morgan fingerprint density at radius 3 is 2.53 bits per heavy atom. The molecule has 0 heterocycles. The summed E-state index contributed by atoms with van der Waals surface area (Å²) >= 11 is 3.62. The highest BCUT2D eigenvalue weighted by molar-refractivity contribution is 9.10. The Kier molecular flexibility index (Phi) is 3.97. The second kappa shape index (κ2) is 5.35. The molecule has 2 rings (SSSR count). The van der Waals surface area contributed by atoms with Crippen LogP contribution in [-0.2, 0) is 16.8 Å². The average Bonchev–Trinajstić information content (AvgIpc) is 3.18. The lowest BCUT2D eigenvalue weighted by Crippen LogP contribution is -2.09. The van der Waals surface area contributed by atoms with Crippen LogP contribution in [0.5, 0.6) is 11.5 Å². The molecule has 1 aromatic carbocycles. The standard InChI is InChI=1S/C14H16BrNO3/c1-4-9-7-10(18-2)13(19-3)11(12(9)15)14(5-6-14)16-8-17/h7H,4-6H2,1-3H3. The topological polar surface area (TPSA) is 47.9 Å². The van der Waals surface area contributed by atoms with Crippen LogP contribution in [0.15, 0.2) is 15.5 Å². The zero-order chi connectivity index (χ0) is 14.0. The molecule has 0 radical (unpaired) electrons. The van der Waals surface area contributed by atoms with Crippen LogP contribution in [0.2, 0.25) is 0 Å². The lowest BCUT2D eigenvalue weighted by atomic mass is 9.99. The van der Waals surface area contributed by atoms with Gasteiger partial charge in [-0.05, 0) is 46.8 Å². The first kappa shape index (κ1) is 14.1. The molecule has 1 fully saturated rings. The van der Waals surface area contributed by atoms with Gasteiger partial charge in [-0.25, -0.2) is 4.79 Å². The van der Waals surface area contributed by atoms with Crippen LogP contribution in [-0.4, -0.2) is 20.3 Å². The van der Waals surface area contributed by atoms with Crippen molar-refractivity contribution in [1.29, 1.82) is 0 Å². The molecule has 0 unspecified atom stereocenters. The van der Waals surface area contributed by atoms with E-state index in [1.54, 1.807) is 20.3 Å². The van der Waals surface area contributed by atoms with Gasteiger partial charge in [0.25, 0.3) is 0 Å². The Morgan fingerprint density at radius 1 is 1.42 bits per heavy atom. The van der Waals surface area contributed by atoms with E-state index in [0.29, 0.717) is 11.5 Å². The van der Waals surface area contributed by atoms with Crippen molar-refractivity contribution < 1.29 is 14.3 Å². The number of rotatable bonds is 5. The van der Waals surface area contributed by atoms with Crippen LogP contribution in [0.4, 0.5) is 0 Å². The molecule has 5 heteroatoms. The van der Waals surface area contributed by atoms with E-state index in [0.717, 1.165) is 34.9 Å². The minimum Gasteiger partial charge on any atom is -0.493 e. The van der Waals surface area contributed by atoms with Crippen LogP contribution in [0, 0.1) is 0 Å². The molecule has 4 nitrogen and oxygen atoms in total. The average molecular weight is 326 g/mol. The minimum atomic E-state index is -0.496. The summed E-state index contributed by atoms with van der Waals surface area (Å²) in [4.78, 5) is 14.7. The van der Waals surface area contributed by atoms with E-state index in [1.807, 2.05) is 6.07 Å². The number of aliphatic imine (C=N–C) groups is 1. The third kappa shape index (κ3) is 2.28. The number of nitrogens with zero attached hydrogens (tertiary/aromatic N) is 1. The lowest BCUT2D eigenvalue weighted by molar-refractivity contribution is 0.347. The van der Waals surface area contributed by atoms with E-state index < -0.39 is 5.54 Å².